The van der Waals surface area contributed by atoms with Gasteiger partial charge in [-0.2, -0.15) is 0 Å². The Hall–Kier alpha value is 7.46. The summed E-state index contributed by atoms with van der Waals surface area (Å²) in [4.78, 5) is 0. The van der Waals surface area contributed by atoms with Gasteiger partial charge in [-0.25, -0.2) is 0 Å². The third kappa shape index (κ3) is 2090. The SMILES string of the molecule is C.C.C.C.C.C.C.C.C.C.N#N.N#N.O.O.O.O.O.O.O.O.[AlH2].[AlH2].[AlH3].[AlH3].[Al].[Al].[Al].[Al].[Ni].[Ni].[Ni].[Ni].[O]=[Al].[O]=[Al].[O]=[Al].[O]=[Al].[W].[W]. The molecule has 0 aliphatic carbocycles. The van der Waals surface area contributed by atoms with E-state index in [2.05, 4.69) is 0 Å². The predicted molar refractivity (Wildman–Crippen MR) is 189 cm³/mol. The molecule has 0 spiro atoms. The average molecular weight is 1360 g/mol. The molecule has 44 heavy (non-hydrogen) atoms. The quantitative estimate of drug-likeness (QED) is 0.165. The zero-order valence-corrected chi connectivity index (χ0v) is 39.2. The Morgan fingerprint density at radius 2 is 0.273 bits per heavy atom. The molecule has 0 bridgehead atoms. The van der Waals surface area contributed by atoms with Crippen LogP contribution in [0.5, 0.6) is 0 Å². The van der Waals surface area contributed by atoms with Crippen molar-refractivity contribution in [1.29, 1.82) is 21.6 Å². The minimum absolute atomic E-state index is 0. The van der Waals surface area contributed by atoms with Crippen molar-refractivity contribution in [1.82, 2.24) is 0 Å². The van der Waals surface area contributed by atoms with E-state index in [0.717, 1.165) is 0 Å². The number of hydrogen-bond donors (Lipinski definition) is 0. The van der Waals surface area contributed by atoms with Crippen LogP contribution in [-0.4, -0.2) is 248 Å². The first kappa shape index (κ1) is 723. The summed E-state index contributed by atoms with van der Waals surface area (Å²) in [5.41, 5.74) is 0. The Labute approximate surface area is 459 Å². The molecule has 0 heterocycles. The minimum atomic E-state index is 0. The van der Waals surface area contributed by atoms with Crippen molar-refractivity contribution in [3.05, 3.63) is 0 Å². The van der Waals surface area contributed by atoms with Gasteiger partial charge < -0.3 is 43.8 Å². The summed E-state index contributed by atoms with van der Waals surface area (Å²) in [7, 11) is 0. The molecule has 34 heteroatoms. The second-order valence-electron chi connectivity index (χ2n) is 0. The van der Waals surface area contributed by atoms with Crippen LogP contribution in [0.15, 0.2) is 0 Å². The first-order chi connectivity index (χ1) is 6.00. The number of rotatable bonds is 0. The molecule has 0 aliphatic heterocycles. The van der Waals surface area contributed by atoms with E-state index in [4.69, 9.17) is 36.8 Å². The van der Waals surface area contributed by atoms with Gasteiger partial charge in [0.1, 0.15) is 34.7 Å². The molecule has 286 valence electrons. The second kappa shape index (κ2) is 2220. The maximum absolute atomic E-state index is 8.17. The Kier molecular flexibility index (Phi) is 36500. The van der Waals surface area contributed by atoms with Gasteiger partial charge >= 0.3 is 80.1 Å². The van der Waals surface area contributed by atoms with Crippen LogP contribution in [0.3, 0.4) is 0 Å². The molecule has 18 radical (unpaired) electrons. The summed E-state index contributed by atoms with van der Waals surface area (Å²) >= 11 is 4.67. The molecule has 0 rings (SSSR count). The van der Waals surface area contributed by atoms with Crippen molar-refractivity contribution in [3.8, 4) is 0 Å². The maximum Gasteiger partial charge on any atom is 0 e. The molecule has 0 atom stereocenters. The smallest absolute Gasteiger partial charge is 0 e. The fraction of sp³-hybridized carbons (Fsp3) is 1.00. The van der Waals surface area contributed by atoms with Crippen molar-refractivity contribution in [3.63, 3.8) is 0 Å². The van der Waals surface area contributed by atoms with E-state index < -0.39 is 0 Å². The summed E-state index contributed by atoms with van der Waals surface area (Å²) in [5.74, 6) is 0. The van der Waals surface area contributed by atoms with Gasteiger partial charge in [0.25, 0.3) is 0 Å². The van der Waals surface area contributed by atoms with E-state index in [1.807, 2.05) is 0 Å². The molecule has 0 saturated heterocycles. The molecule has 16 nitrogen and oxygen atoms in total. The maximum atomic E-state index is 8.17. The molecule has 0 aromatic heterocycles. The van der Waals surface area contributed by atoms with E-state index >= 15 is 0 Å². The second-order valence-corrected chi connectivity index (χ2v) is 0. The molecule has 0 amide bonds. The first-order valence-electron chi connectivity index (χ1n) is 1.34. The van der Waals surface area contributed by atoms with Crippen molar-refractivity contribution >= 4 is 204 Å². The van der Waals surface area contributed by atoms with Crippen LogP contribution >= 0.6 is 0 Å². The van der Waals surface area contributed by atoms with E-state index in [9.17, 15) is 0 Å². The van der Waals surface area contributed by atoms with Gasteiger partial charge in [0.05, 0.1) is 0 Å². The average Bonchev–Trinajstić information content (AvgIpc) is 2.33. The number of nitrogens with zero attached hydrogens (tertiary/aromatic N) is 4. The van der Waals surface area contributed by atoms with E-state index in [1.165, 1.54) is 64.9 Å². The summed E-state index contributed by atoms with van der Waals surface area (Å²) < 4.78 is 32.7. The zero-order chi connectivity index (χ0) is 12.0. The van der Waals surface area contributed by atoms with Crippen molar-refractivity contribution < 1.29 is 167 Å². The van der Waals surface area contributed by atoms with Gasteiger partial charge in [0.15, 0.2) is 34.7 Å². The zero-order valence-electron chi connectivity index (χ0n) is 16.1. The topological polar surface area (TPSA) is 415 Å². The Morgan fingerprint density at radius 1 is 0.273 bits per heavy atom. The molecule has 0 unspecified atom stereocenters. The molecule has 16 N–H and O–H groups in total. The summed E-state index contributed by atoms with van der Waals surface area (Å²) in [6, 6.07) is 0. The van der Waals surface area contributed by atoms with Crippen LogP contribution in [-0.2, 0) is 123 Å². The van der Waals surface area contributed by atoms with Gasteiger partial charge in [0.2, 0.25) is 0 Å². The fourth-order valence-electron chi connectivity index (χ4n) is 0. The normalized spacial score (nSPS) is 0.364. The summed E-state index contributed by atoms with van der Waals surface area (Å²) in [5, 5.41) is 24.0. The third-order valence-electron chi connectivity index (χ3n) is 0. The summed E-state index contributed by atoms with van der Waals surface area (Å²) in [6.07, 6.45) is 0. The number of hydrogen-bond acceptors (Lipinski definition) is 8. The van der Waals surface area contributed by atoms with Gasteiger partial charge in [0, 0.05) is 199 Å². The van der Waals surface area contributed by atoms with Gasteiger partial charge in [-0.05, 0) is 0 Å². The van der Waals surface area contributed by atoms with Crippen molar-refractivity contribution in [2.24, 2.45) is 0 Å². The summed E-state index contributed by atoms with van der Waals surface area (Å²) in [6.45, 7) is 0. The largest absolute Gasteiger partial charge is 0 e. The van der Waals surface area contributed by atoms with Crippen LogP contribution in [0.1, 0.15) is 74.3 Å². The van der Waals surface area contributed by atoms with E-state index in [0.29, 0.717) is 0 Å². The van der Waals surface area contributed by atoms with Crippen LogP contribution in [0.4, 0.5) is 0 Å². The third-order valence-corrected chi connectivity index (χ3v) is 0. The van der Waals surface area contributed by atoms with Gasteiger partial charge in [-0.1, -0.05) is 74.3 Å². The van der Waals surface area contributed by atoms with E-state index in [-0.39, 0.29) is 365 Å². The monoisotopic (exact) mass is 1360 g/mol. The van der Waals surface area contributed by atoms with Gasteiger partial charge in [-0.3, -0.25) is 0 Å². The van der Waals surface area contributed by atoms with Crippen LogP contribution in [0.2, 0.25) is 0 Å². The Balaban J connectivity index is -0.000000000238. The first-order valence-corrected chi connectivity index (χ1v) is 3.23. The van der Waals surface area contributed by atoms with E-state index in [1.54, 1.807) is 0 Å². The molecule has 0 aromatic carbocycles. The van der Waals surface area contributed by atoms with Crippen molar-refractivity contribution in [2.45, 2.75) is 74.3 Å². The molecular weight excluding hydrogens is 1290 g/mol. The van der Waals surface area contributed by atoms with Crippen LogP contribution in [0, 0.1) is 21.6 Å². The van der Waals surface area contributed by atoms with Crippen molar-refractivity contribution in [2.75, 3.05) is 0 Å². The molecule has 0 aromatic rings. The van der Waals surface area contributed by atoms with Crippen LogP contribution in [0.25, 0.3) is 0 Å². The predicted octanol–water partition coefficient (Wildman–Crippen LogP) is -7.91. The standard InChI is InChI=1S/10CH4.12Al.2N2.4Ni.8H2O.4O.2W.10H/c;;;;;;;;;;;;;;;;;;;;;;2*1-2;;;;;;;;;;;;;;;;;;;;;;;;;;;;/h10*1H4;;;;;;;;;;;;;;;;;;;8*1H2;;;;;;;;;;;;;;;;. The Bertz CT molecular complexity index is 146. The minimum Gasteiger partial charge on any atom is 0 e. The molecule has 0 aliphatic rings. The fourth-order valence-corrected chi connectivity index (χ4v) is 0. The van der Waals surface area contributed by atoms with Gasteiger partial charge in [-0.15, -0.1) is 0 Å². The molecule has 0 saturated carbocycles. The Morgan fingerprint density at radius 3 is 0.273 bits per heavy atom. The molecule has 0 fully saturated rings. The van der Waals surface area contributed by atoms with Crippen LogP contribution < -0.4 is 0 Å². The molecular formula is C10H66Al12N4Ni4O12W2.